The summed E-state index contributed by atoms with van der Waals surface area (Å²) in [4.78, 5) is 43.7. The van der Waals surface area contributed by atoms with Crippen molar-refractivity contribution in [2.45, 2.75) is 6.42 Å². The van der Waals surface area contributed by atoms with Crippen molar-refractivity contribution in [3.05, 3.63) is 66.2 Å². The normalized spacial score (nSPS) is 21.6. The molecule has 1 spiro atoms. The number of likely N-dealkylation sites (tertiary alicyclic amines) is 1. The molecule has 1 atom stereocenters. The minimum absolute atomic E-state index is 0.0485. The fraction of sp³-hybridized carbons (Fsp3) is 0.348. The van der Waals surface area contributed by atoms with Crippen LogP contribution >= 0.6 is 0 Å². The molecule has 2 fully saturated rings. The highest BCUT2D eigenvalue weighted by atomic mass is 16.2. The summed E-state index contributed by atoms with van der Waals surface area (Å²) in [6.07, 6.45) is 0.331. The molecule has 2 aliphatic rings. The molecule has 0 bridgehead atoms. The van der Waals surface area contributed by atoms with Gasteiger partial charge in [-0.15, -0.1) is 0 Å². The predicted octanol–water partition coefficient (Wildman–Crippen LogP) is 2.53. The molecule has 30 heavy (non-hydrogen) atoms. The van der Waals surface area contributed by atoms with E-state index in [1.165, 1.54) is 0 Å². The van der Waals surface area contributed by atoms with Crippen LogP contribution in [-0.2, 0) is 4.79 Å². The van der Waals surface area contributed by atoms with Crippen molar-refractivity contribution in [1.29, 1.82) is 0 Å². The average molecular weight is 406 g/mol. The quantitative estimate of drug-likeness (QED) is 0.833. The number of hydrogen-bond acceptors (Lipinski definition) is 3. The molecule has 7 nitrogen and oxygen atoms in total. The number of hydrogen-bond donors (Lipinski definition) is 1. The lowest BCUT2D eigenvalue weighted by atomic mass is 9.86. The Balaban J connectivity index is 1.57. The van der Waals surface area contributed by atoms with Gasteiger partial charge in [-0.2, -0.15) is 0 Å². The Kier molecular flexibility index (Phi) is 5.44. The first-order valence-electron chi connectivity index (χ1n) is 10.2. The number of para-hydroxylation sites is 1. The molecule has 0 radical (unpaired) electrons. The SMILES string of the molecule is CN1C[C@]2(CC1=O)CN(C(=O)Nc1ccccc1)CCN(C(=O)c1ccccc1)C2. The van der Waals surface area contributed by atoms with Crippen molar-refractivity contribution in [1.82, 2.24) is 14.7 Å². The second-order valence-corrected chi connectivity index (χ2v) is 8.24. The number of benzene rings is 2. The van der Waals surface area contributed by atoms with Crippen LogP contribution in [0.4, 0.5) is 10.5 Å². The molecule has 0 unspecified atom stereocenters. The number of amides is 4. The summed E-state index contributed by atoms with van der Waals surface area (Å²) < 4.78 is 0. The van der Waals surface area contributed by atoms with Gasteiger partial charge in [-0.05, 0) is 24.3 Å². The number of carbonyl (C=O) groups is 3. The molecule has 2 saturated heterocycles. The third-order valence-electron chi connectivity index (χ3n) is 5.84. The van der Waals surface area contributed by atoms with E-state index in [0.717, 1.165) is 5.69 Å². The van der Waals surface area contributed by atoms with Gasteiger partial charge in [0.1, 0.15) is 0 Å². The number of rotatable bonds is 2. The van der Waals surface area contributed by atoms with Crippen molar-refractivity contribution < 1.29 is 14.4 Å². The highest BCUT2D eigenvalue weighted by molar-refractivity contribution is 5.94. The van der Waals surface area contributed by atoms with E-state index in [-0.39, 0.29) is 17.8 Å². The van der Waals surface area contributed by atoms with Gasteiger partial charge in [0.25, 0.3) is 5.91 Å². The van der Waals surface area contributed by atoms with Crippen LogP contribution in [0.25, 0.3) is 0 Å². The maximum atomic E-state index is 13.1. The van der Waals surface area contributed by atoms with Gasteiger partial charge < -0.3 is 20.0 Å². The first-order chi connectivity index (χ1) is 14.5. The fourth-order valence-electron chi connectivity index (χ4n) is 4.41. The third-order valence-corrected chi connectivity index (χ3v) is 5.84. The van der Waals surface area contributed by atoms with E-state index < -0.39 is 5.41 Å². The lowest BCUT2D eigenvalue weighted by Gasteiger charge is -2.33. The summed E-state index contributed by atoms with van der Waals surface area (Å²) >= 11 is 0. The number of nitrogens with zero attached hydrogens (tertiary/aromatic N) is 3. The molecular formula is C23H26N4O3. The van der Waals surface area contributed by atoms with Crippen LogP contribution in [0.5, 0.6) is 0 Å². The zero-order valence-corrected chi connectivity index (χ0v) is 17.1. The standard InChI is InChI=1S/C23H26N4O3/c1-25-15-23(14-20(25)28)16-26(21(29)18-8-4-2-5-9-18)12-13-27(17-23)22(30)24-19-10-6-3-7-11-19/h2-11H,12-17H2,1H3,(H,24,30)/t23-/m0/s1. The highest BCUT2D eigenvalue weighted by Gasteiger charge is 2.47. The first-order valence-corrected chi connectivity index (χ1v) is 10.2. The molecule has 2 heterocycles. The molecule has 156 valence electrons. The summed E-state index contributed by atoms with van der Waals surface area (Å²) in [6.45, 7) is 2.25. The summed E-state index contributed by atoms with van der Waals surface area (Å²) in [5.74, 6) is -0.0188. The third kappa shape index (κ3) is 4.15. The van der Waals surface area contributed by atoms with Crippen molar-refractivity contribution in [2.24, 2.45) is 5.41 Å². The second-order valence-electron chi connectivity index (χ2n) is 8.24. The smallest absolute Gasteiger partial charge is 0.321 e. The summed E-state index contributed by atoms with van der Waals surface area (Å²) in [5.41, 5.74) is 0.867. The Hall–Kier alpha value is -3.35. The number of anilines is 1. The molecule has 1 N–H and O–H groups in total. The summed E-state index contributed by atoms with van der Waals surface area (Å²) in [5, 5.41) is 2.93. The maximum Gasteiger partial charge on any atom is 0.321 e. The number of nitrogens with one attached hydrogen (secondary N) is 1. The van der Waals surface area contributed by atoms with E-state index in [9.17, 15) is 14.4 Å². The summed E-state index contributed by atoms with van der Waals surface area (Å²) in [7, 11) is 1.78. The number of carbonyl (C=O) groups excluding carboxylic acids is 3. The monoisotopic (exact) mass is 406 g/mol. The van der Waals surface area contributed by atoms with E-state index in [1.54, 1.807) is 33.9 Å². The van der Waals surface area contributed by atoms with E-state index in [0.29, 0.717) is 44.7 Å². The summed E-state index contributed by atoms with van der Waals surface area (Å²) in [6, 6.07) is 18.2. The van der Waals surface area contributed by atoms with Crippen molar-refractivity contribution in [3.63, 3.8) is 0 Å². The zero-order chi connectivity index (χ0) is 21.1. The minimum atomic E-state index is -0.471. The van der Waals surface area contributed by atoms with Crippen LogP contribution in [0, 0.1) is 5.41 Å². The van der Waals surface area contributed by atoms with Gasteiger partial charge in [-0.3, -0.25) is 9.59 Å². The van der Waals surface area contributed by atoms with Gasteiger partial charge in [0.2, 0.25) is 5.91 Å². The van der Waals surface area contributed by atoms with Crippen LogP contribution in [0.15, 0.2) is 60.7 Å². The van der Waals surface area contributed by atoms with Crippen molar-refractivity contribution in [2.75, 3.05) is 45.1 Å². The lowest BCUT2D eigenvalue weighted by molar-refractivity contribution is -0.126. The molecule has 4 amide bonds. The molecule has 2 aliphatic heterocycles. The zero-order valence-electron chi connectivity index (χ0n) is 17.1. The minimum Gasteiger partial charge on any atom is -0.345 e. The van der Waals surface area contributed by atoms with Crippen LogP contribution in [0.2, 0.25) is 0 Å². The van der Waals surface area contributed by atoms with Crippen LogP contribution in [-0.4, -0.2) is 72.3 Å². The fourth-order valence-corrected chi connectivity index (χ4v) is 4.41. The Morgan fingerprint density at radius 1 is 0.867 bits per heavy atom. The van der Waals surface area contributed by atoms with Gasteiger partial charge in [0.15, 0.2) is 0 Å². The van der Waals surface area contributed by atoms with Gasteiger partial charge in [0.05, 0.1) is 0 Å². The average Bonchev–Trinajstić information content (AvgIpc) is 2.91. The molecule has 2 aromatic rings. The highest BCUT2D eigenvalue weighted by Crippen LogP contribution is 2.35. The van der Waals surface area contributed by atoms with Gasteiger partial charge in [0, 0.05) is 62.9 Å². The van der Waals surface area contributed by atoms with Crippen LogP contribution in [0.1, 0.15) is 16.8 Å². The van der Waals surface area contributed by atoms with E-state index in [4.69, 9.17) is 0 Å². The van der Waals surface area contributed by atoms with E-state index in [1.807, 2.05) is 48.5 Å². The van der Waals surface area contributed by atoms with Crippen LogP contribution < -0.4 is 5.32 Å². The molecule has 0 aromatic heterocycles. The topological polar surface area (TPSA) is 73.0 Å². The first kappa shape index (κ1) is 19.9. The Morgan fingerprint density at radius 2 is 1.47 bits per heavy atom. The van der Waals surface area contributed by atoms with Gasteiger partial charge in [-0.25, -0.2) is 4.79 Å². The Labute approximate surface area is 176 Å². The molecule has 7 heteroatoms. The molecular weight excluding hydrogens is 380 g/mol. The Morgan fingerprint density at radius 3 is 2.10 bits per heavy atom. The second kappa shape index (κ2) is 8.18. The van der Waals surface area contributed by atoms with Crippen LogP contribution in [0.3, 0.4) is 0 Å². The molecule has 0 aliphatic carbocycles. The van der Waals surface area contributed by atoms with E-state index >= 15 is 0 Å². The Bertz CT molecular complexity index is 934. The van der Waals surface area contributed by atoms with E-state index in [2.05, 4.69) is 5.32 Å². The van der Waals surface area contributed by atoms with Crippen molar-refractivity contribution in [3.8, 4) is 0 Å². The van der Waals surface area contributed by atoms with Gasteiger partial charge >= 0.3 is 6.03 Å². The predicted molar refractivity (Wildman–Crippen MR) is 114 cm³/mol. The molecule has 0 saturated carbocycles. The molecule has 2 aromatic carbocycles. The lowest BCUT2D eigenvalue weighted by Crippen LogP contribution is -2.46. The van der Waals surface area contributed by atoms with Crippen molar-refractivity contribution >= 4 is 23.5 Å². The van der Waals surface area contributed by atoms with Gasteiger partial charge in [-0.1, -0.05) is 36.4 Å². The number of urea groups is 1. The maximum absolute atomic E-state index is 13.1. The largest absolute Gasteiger partial charge is 0.345 e. The molecule has 4 rings (SSSR count).